The lowest BCUT2D eigenvalue weighted by atomic mass is 10.2. The van der Waals surface area contributed by atoms with Crippen molar-refractivity contribution in [3.63, 3.8) is 0 Å². The third-order valence-corrected chi connectivity index (χ3v) is 7.86. The second kappa shape index (κ2) is 7.63. The molecule has 0 bridgehead atoms. The van der Waals surface area contributed by atoms with E-state index in [2.05, 4.69) is 5.32 Å². The van der Waals surface area contributed by atoms with Crippen LogP contribution in [0.5, 0.6) is 0 Å². The van der Waals surface area contributed by atoms with E-state index >= 15 is 0 Å². The number of nitrogens with one attached hydrogen (secondary N) is 1. The Labute approximate surface area is 160 Å². The lowest BCUT2D eigenvalue weighted by molar-refractivity contribution is -0.124. The number of hydrogen-bond donors (Lipinski definition) is 1. The highest BCUT2D eigenvalue weighted by Crippen LogP contribution is 2.32. The van der Waals surface area contributed by atoms with E-state index in [0.717, 1.165) is 16.9 Å². The Hall–Kier alpha value is -1.12. The number of halogens is 2. The lowest BCUT2D eigenvalue weighted by Crippen LogP contribution is -2.45. The molecule has 0 aliphatic carbocycles. The normalized spacial score (nSPS) is 18.4. The van der Waals surface area contributed by atoms with Gasteiger partial charge in [0.25, 0.3) is 10.0 Å². The predicted octanol–water partition coefficient (Wildman–Crippen LogP) is 3.52. The average Bonchev–Trinajstić information content (AvgIpc) is 3.23. The Morgan fingerprint density at radius 1 is 1.20 bits per heavy atom. The summed E-state index contributed by atoms with van der Waals surface area (Å²) in [6.45, 7) is 0.655. The Morgan fingerprint density at radius 2 is 1.92 bits per heavy atom. The molecular weight excluding hydrogens is 403 g/mol. The van der Waals surface area contributed by atoms with Crippen LogP contribution in [-0.4, -0.2) is 31.2 Å². The van der Waals surface area contributed by atoms with Crippen LogP contribution in [0, 0.1) is 0 Å². The van der Waals surface area contributed by atoms with Crippen LogP contribution in [0.4, 0.5) is 0 Å². The van der Waals surface area contributed by atoms with E-state index in [9.17, 15) is 13.2 Å². The van der Waals surface area contributed by atoms with Crippen LogP contribution in [0.3, 0.4) is 0 Å². The molecule has 1 N–H and O–H groups in total. The minimum Gasteiger partial charge on any atom is -0.351 e. The van der Waals surface area contributed by atoms with Gasteiger partial charge in [-0.15, -0.1) is 11.3 Å². The van der Waals surface area contributed by atoms with Gasteiger partial charge >= 0.3 is 0 Å². The molecule has 0 saturated carbocycles. The van der Waals surface area contributed by atoms with Gasteiger partial charge in [-0.2, -0.15) is 4.31 Å². The molecule has 1 aromatic heterocycles. The van der Waals surface area contributed by atoms with Crippen molar-refractivity contribution in [3.05, 3.63) is 51.3 Å². The zero-order valence-corrected chi connectivity index (χ0v) is 16.3. The third kappa shape index (κ3) is 4.17. The SMILES string of the molecule is O=C(NCc1ccc(Cl)cc1)[C@H]1CCCN1S(=O)(=O)c1ccc(Cl)s1. The maximum atomic E-state index is 12.8. The van der Waals surface area contributed by atoms with Crippen molar-refractivity contribution in [2.45, 2.75) is 29.6 Å². The number of hydrogen-bond acceptors (Lipinski definition) is 4. The van der Waals surface area contributed by atoms with E-state index in [1.54, 1.807) is 18.2 Å². The Kier molecular flexibility index (Phi) is 5.70. The molecule has 1 fully saturated rings. The standard InChI is InChI=1S/C16H16Cl2N2O3S2/c17-12-5-3-11(4-6-12)10-19-16(21)13-2-1-9-20(13)25(22,23)15-8-7-14(18)24-15/h3-8,13H,1-2,9-10H2,(H,19,21)/t13-/m1/s1. The molecule has 1 saturated heterocycles. The summed E-state index contributed by atoms with van der Waals surface area (Å²) in [5.41, 5.74) is 0.898. The first kappa shape index (κ1) is 18.7. The summed E-state index contributed by atoms with van der Waals surface area (Å²) in [6.07, 6.45) is 1.15. The third-order valence-electron chi connectivity index (χ3n) is 4.00. The molecule has 1 aliphatic rings. The van der Waals surface area contributed by atoms with Crippen molar-refractivity contribution < 1.29 is 13.2 Å². The van der Waals surface area contributed by atoms with E-state index < -0.39 is 16.1 Å². The smallest absolute Gasteiger partial charge is 0.253 e. The van der Waals surface area contributed by atoms with Crippen molar-refractivity contribution in [1.82, 2.24) is 9.62 Å². The van der Waals surface area contributed by atoms with Crippen LogP contribution in [-0.2, 0) is 21.4 Å². The molecular formula is C16H16Cl2N2O3S2. The van der Waals surface area contributed by atoms with Crippen molar-refractivity contribution in [2.75, 3.05) is 6.54 Å². The van der Waals surface area contributed by atoms with Crippen molar-refractivity contribution in [1.29, 1.82) is 0 Å². The molecule has 3 rings (SSSR count). The second-order valence-electron chi connectivity index (χ2n) is 5.68. The summed E-state index contributed by atoms with van der Waals surface area (Å²) in [5, 5.41) is 3.43. The molecule has 134 valence electrons. The van der Waals surface area contributed by atoms with E-state index in [4.69, 9.17) is 23.2 Å². The molecule has 0 radical (unpaired) electrons. The molecule has 25 heavy (non-hydrogen) atoms. The zero-order chi connectivity index (χ0) is 18.0. The van der Waals surface area contributed by atoms with Gasteiger partial charge in [0, 0.05) is 18.1 Å². The number of carbonyl (C=O) groups excluding carboxylic acids is 1. The van der Waals surface area contributed by atoms with Crippen LogP contribution in [0.1, 0.15) is 18.4 Å². The zero-order valence-electron chi connectivity index (χ0n) is 13.1. The largest absolute Gasteiger partial charge is 0.351 e. The number of carbonyl (C=O) groups is 1. The second-order valence-corrected chi connectivity index (χ2v) is 9.95. The number of nitrogens with zero attached hydrogens (tertiary/aromatic N) is 1. The van der Waals surface area contributed by atoms with Gasteiger partial charge in [0.1, 0.15) is 10.3 Å². The highest BCUT2D eigenvalue weighted by atomic mass is 35.5. The van der Waals surface area contributed by atoms with Crippen LogP contribution >= 0.6 is 34.5 Å². The Morgan fingerprint density at radius 3 is 2.56 bits per heavy atom. The van der Waals surface area contributed by atoms with E-state index in [1.807, 2.05) is 12.1 Å². The van der Waals surface area contributed by atoms with Gasteiger partial charge < -0.3 is 5.32 Å². The minimum absolute atomic E-state index is 0.162. The molecule has 1 amide bonds. The summed E-state index contributed by atoms with van der Waals surface area (Å²) < 4.78 is 27.4. The van der Waals surface area contributed by atoms with Crippen LogP contribution in [0.25, 0.3) is 0 Å². The fourth-order valence-electron chi connectivity index (χ4n) is 2.75. The lowest BCUT2D eigenvalue weighted by Gasteiger charge is -2.22. The summed E-state index contributed by atoms with van der Waals surface area (Å²) in [5.74, 6) is -0.293. The topological polar surface area (TPSA) is 66.5 Å². The first-order valence-corrected chi connectivity index (χ1v) is 10.7. The van der Waals surface area contributed by atoms with Crippen LogP contribution in [0.15, 0.2) is 40.6 Å². The molecule has 2 aromatic rings. The first-order chi connectivity index (χ1) is 11.9. The highest BCUT2D eigenvalue weighted by Gasteiger charge is 2.39. The van der Waals surface area contributed by atoms with Gasteiger partial charge in [-0.1, -0.05) is 35.3 Å². The summed E-state index contributed by atoms with van der Waals surface area (Å²) in [7, 11) is -3.71. The maximum absolute atomic E-state index is 12.8. The van der Waals surface area contributed by atoms with E-state index in [-0.39, 0.29) is 10.1 Å². The molecule has 9 heteroatoms. The van der Waals surface area contributed by atoms with Gasteiger partial charge in [0.2, 0.25) is 5.91 Å². The van der Waals surface area contributed by atoms with Gasteiger partial charge in [-0.05, 0) is 42.7 Å². The summed E-state index contributed by atoms with van der Waals surface area (Å²) >= 11 is 12.7. The molecule has 0 spiro atoms. The predicted molar refractivity (Wildman–Crippen MR) is 99.5 cm³/mol. The van der Waals surface area contributed by atoms with E-state index in [1.165, 1.54) is 10.4 Å². The maximum Gasteiger partial charge on any atom is 0.253 e. The first-order valence-electron chi connectivity index (χ1n) is 7.67. The number of benzene rings is 1. The minimum atomic E-state index is -3.71. The molecule has 5 nitrogen and oxygen atoms in total. The van der Waals surface area contributed by atoms with Gasteiger partial charge in [-0.3, -0.25) is 4.79 Å². The Balaban J connectivity index is 1.70. The Bertz CT molecular complexity index is 866. The highest BCUT2D eigenvalue weighted by molar-refractivity contribution is 7.91. The number of amides is 1. The molecule has 2 heterocycles. The summed E-state index contributed by atoms with van der Waals surface area (Å²) in [6, 6.07) is 9.46. The molecule has 1 atom stereocenters. The van der Waals surface area contributed by atoms with Gasteiger partial charge in [0.15, 0.2) is 0 Å². The average molecular weight is 419 g/mol. The van der Waals surface area contributed by atoms with Crippen molar-refractivity contribution in [3.8, 4) is 0 Å². The fourth-order valence-corrected chi connectivity index (χ4v) is 6.15. The quantitative estimate of drug-likeness (QED) is 0.807. The number of thiophene rings is 1. The van der Waals surface area contributed by atoms with Crippen molar-refractivity contribution in [2.24, 2.45) is 0 Å². The molecule has 0 unspecified atom stereocenters. The van der Waals surface area contributed by atoms with Crippen LogP contribution in [0.2, 0.25) is 9.36 Å². The number of sulfonamides is 1. The fraction of sp³-hybridized carbons (Fsp3) is 0.312. The molecule has 1 aliphatic heterocycles. The van der Waals surface area contributed by atoms with Crippen LogP contribution < -0.4 is 5.32 Å². The molecule has 1 aromatic carbocycles. The summed E-state index contributed by atoms with van der Waals surface area (Å²) in [4.78, 5) is 12.5. The monoisotopic (exact) mass is 418 g/mol. The van der Waals surface area contributed by atoms with Gasteiger partial charge in [-0.25, -0.2) is 8.42 Å². The van der Waals surface area contributed by atoms with E-state index in [0.29, 0.717) is 35.3 Å². The van der Waals surface area contributed by atoms with Crippen molar-refractivity contribution >= 4 is 50.5 Å². The van der Waals surface area contributed by atoms with Gasteiger partial charge in [0.05, 0.1) is 4.34 Å². The number of rotatable bonds is 5.